The van der Waals surface area contributed by atoms with Gasteiger partial charge in [0, 0.05) is 10.5 Å². The van der Waals surface area contributed by atoms with Crippen molar-refractivity contribution in [3.05, 3.63) is 28.7 Å². The minimum absolute atomic E-state index is 0.0344. The Morgan fingerprint density at radius 3 is 2.80 bits per heavy atom. The molecule has 6 heteroatoms. The Hall–Kier alpha value is -1.56. The SMILES string of the molecule is O=C(O)CC(NC(=O)COc1cccc(Br)c1)C1CC1. The van der Waals surface area contributed by atoms with Gasteiger partial charge in [-0.25, -0.2) is 0 Å². The Labute approximate surface area is 125 Å². The summed E-state index contributed by atoms with van der Waals surface area (Å²) >= 11 is 3.32. The molecule has 1 atom stereocenters. The summed E-state index contributed by atoms with van der Waals surface area (Å²) in [7, 11) is 0. The van der Waals surface area contributed by atoms with Crippen LogP contribution in [0.2, 0.25) is 0 Å². The van der Waals surface area contributed by atoms with Gasteiger partial charge in [-0.05, 0) is 37.0 Å². The molecule has 0 aliphatic heterocycles. The van der Waals surface area contributed by atoms with Gasteiger partial charge in [-0.3, -0.25) is 9.59 Å². The summed E-state index contributed by atoms with van der Waals surface area (Å²) in [5, 5.41) is 11.6. The van der Waals surface area contributed by atoms with Crippen LogP contribution in [0.4, 0.5) is 0 Å². The summed E-state index contributed by atoms with van der Waals surface area (Å²) in [4.78, 5) is 22.5. The Bertz CT molecular complexity index is 502. The first-order valence-electron chi connectivity index (χ1n) is 6.44. The Balaban J connectivity index is 1.80. The van der Waals surface area contributed by atoms with Gasteiger partial charge in [0.15, 0.2) is 6.61 Å². The predicted octanol–water partition coefficient (Wildman–Crippen LogP) is 2.20. The maximum atomic E-state index is 11.8. The molecular weight excluding hydrogens is 326 g/mol. The van der Waals surface area contributed by atoms with Crippen LogP contribution in [-0.2, 0) is 9.59 Å². The molecule has 2 rings (SSSR count). The molecule has 20 heavy (non-hydrogen) atoms. The second-order valence-corrected chi connectivity index (χ2v) is 5.77. The highest BCUT2D eigenvalue weighted by Crippen LogP contribution is 2.34. The van der Waals surface area contributed by atoms with Crippen molar-refractivity contribution in [3.63, 3.8) is 0 Å². The van der Waals surface area contributed by atoms with Crippen LogP contribution in [0.25, 0.3) is 0 Å². The van der Waals surface area contributed by atoms with Crippen LogP contribution in [0.3, 0.4) is 0 Å². The van der Waals surface area contributed by atoms with E-state index in [1.165, 1.54) is 0 Å². The number of halogens is 1. The van der Waals surface area contributed by atoms with Gasteiger partial charge < -0.3 is 15.2 Å². The first-order valence-corrected chi connectivity index (χ1v) is 7.23. The van der Waals surface area contributed by atoms with E-state index in [2.05, 4.69) is 21.2 Å². The average molecular weight is 342 g/mol. The average Bonchev–Trinajstić information content (AvgIpc) is 3.19. The molecule has 0 aromatic heterocycles. The van der Waals surface area contributed by atoms with Crippen molar-refractivity contribution in [2.24, 2.45) is 5.92 Å². The summed E-state index contributed by atoms with van der Waals surface area (Å²) in [5.41, 5.74) is 0. The summed E-state index contributed by atoms with van der Waals surface area (Å²) in [5.74, 6) is -0.296. The molecule has 0 spiro atoms. The Morgan fingerprint density at radius 2 is 2.20 bits per heavy atom. The molecular formula is C14H16BrNO4. The third kappa shape index (κ3) is 4.85. The van der Waals surface area contributed by atoms with Gasteiger partial charge >= 0.3 is 5.97 Å². The summed E-state index contributed by atoms with van der Waals surface area (Å²) < 4.78 is 6.24. The Morgan fingerprint density at radius 1 is 1.45 bits per heavy atom. The van der Waals surface area contributed by atoms with Crippen LogP contribution >= 0.6 is 15.9 Å². The number of aliphatic carboxylic acids is 1. The number of amides is 1. The zero-order chi connectivity index (χ0) is 14.5. The van der Waals surface area contributed by atoms with E-state index in [1.54, 1.807) is 12.1 Å². The van der Waals surface area contributed by atoms with Crippen molar-refractivity contribution in [3.8, 4) is 5.75 Å². The molecule has 1 amide bonds. The minimum atomic E-state index is -0.893. The Kier molecular flexibility index (Phi) is 5.00. The van der Waals surface area contributed by atoms with E-state index in [0.29, 0.717) is 11.7 Å². The predicted molar refractivity (Wildman–Crippen MR) is 76.5 cm³/mol. The van der Waals surface area contributed by atoms with Gasteiger partial charge in [-0.1, -0.05) is 22.0 Å². The molecule has 1 aliphatic rings. The fourth-order valence-electron chi connectivity index (χ4n) is 1.98. The molecule has 0 radical (unpaired) electrons. The quantitative estimate of drug-likeness (QED) is 0.797. The van der Waals surface area contributed by atoms with Crippen molar-refractivity contribution in [2.75, 3.05) is 6.61 Å². The molecule has 0 saturated heterocycles. The van der Waals surface area contributed by atoms with Crippen molar-refractivity contribution >= 4 is 27.8 Å². The van der Waals surface area contributed by atoms with Gasteiger partial charge in [0.05, 0.1) is 6.42 Å². The summed E-state index contributed by atoms with van der Waals surface area (Å²) in [6.45, 7) is -0.112. The number of carboxylic acid groups (broad SMARTS) is 1. The molecule has 1 unspecified atom stereocenters. The van der Waals surface area contributed by atoms with Crippen LogP contribution < -0.4 is 10.1 Å². The lowest BCUT2D eigenvalue weighted by atomic mass is 10.1. The van der Waals surface area contributed by atoms with Gasteiger partial charge in [-0.2, -0.15) is 0 Å². The lowest BCUT2D eigenvalue weighted by molar-refractivity contribution is -0.138. The van der Waals surface area contributed by atoms with Crippen molar-refractivity contribution < 1.29 is 19.4 Å². The van der Waals surface area contributed by atoms with Crippen LogP contribution in [0, 0.1) is 5.92 Å². The van der Waals surface area contributed by atoms with Crippen molar-refractivity contribution in [1.82, 2.24) is 5.32 Å². The molecule has 2 N–H and O–H groups in total. The number of carbonyl (C=O) groups is 2. The van der Waals surface area contributed by atoms with E-state index in [9.17, 15) is 9.59 Å². The first kappa shape index (κ1) is 14.8. The fourth-order valence-corrected chi connectivity index (χ4v) is 2.35. The maximum absolute atomic E-state index is 11.8. The normalized spacial score (nSPS) is 15.4. The van der Waals surface area contributed by atoms with Gasteiger partial charge in [0.2, 0.25) is 0 Å². The number of nitrogens with one attached hydrogen (secondary N) is 1. The van der Waals surface area contributed by atoms with Crippen molar-refractivity contribution in [2.45, 2.75) is 25.3 Å². The molecule has 1 fully saturated rings. The number of carboxylic acids is 1. The number of hydrogen-bond acceptors (Lipinski definition) is 3. The number of carbonyl (C=O) groups excluding carboxylic acids is 1. The maximum Gasteiger partial charge on any atom is 0.305 e. The minimum Gasteiger partial charge on any atom is -0.484 e. The van der Waals surface area contributed by atoms with Gasteiger partial charge in [0.25, 0.3) is 5.91 Å². The fraction of sp³-hybridized carbons (Fsp3) is 0.429. The number of rotatable bonds is 7. The number of hydrogen-bond donors (Lipinski definition) is 2. The van der Waals surface area contributed by atoms with Gasteiger partial charge in [0.1, 0.15) is 5.75 Å². The van der Waals surface area contributed by atoms with E-state index in [0.717, 1.165) is 17.3 Å². The second kappa shape index (κ2) is 6.74. The number of ether oxygens (including phenoxy) is 1. The first-order chi connectivity index (χ1) is 9.54. The van der Waals surface area contributed by atoms with E-state index >= 15 is 0 Å². The highest BCUT2D eigenvalue weighted by atomic mass is 79.9. The van der Waals surface area contributed by atoms with Crippen LogP contribution in [-0.4, -0.2) is 29.6 Å². The third-order valence-corrected chi connectivity index (χ3v) is 3.59. The molecule has 5 nitrogen and oxygen atoms in total. The lowest BCUT2D eigenvalue weighted by Crippen LogP contribution is -2.40. The van der Waals surface area contributed by atoms with Crippen molar-refractivity contribution in [1.29, 1.82) is 0 Å². The molecule has 1 saturated carbocycles. The van der Waals surface area contributed by atoms with E-state index in [-0.39, 0.29) is 25.0 Å². The molecule has 1 aliphatic carbocycles. The molecule has 1 aromatic carbocycles. The summed E-state index contributed by atoms with van der Waals surface area (Å²) in [6, 6.07) is 6.92. The molecule has 108 valence electrons. The van der Waals surface area contributed by atoms with E-state index in [1.807, 2.05) is 12.1 Å². The van der Waals surface area contributed by atoms with Crippen LogP contribution in [0.5, 0.6) is 5.75 Å². The molecule has 0 heterocycles. The zero-order valence-corrected chi connectivity index (χ0v) is 12.4. The lowest BCUT2D eigenvalue weighted by Gasteiger charge is -2.16. The topological polar surface area (TPSA) is 75.6 Å². The largest absolute Gasteiger partial charge is 0.484 e. The molecule has 1 aromatic rings. The standard InChI is InChI=1S/C14H16BrNO4/c15-10-2-1-3-11(6-10)20-8-13(17)16-12(7-14(18)19)9-4-5-9/h1-3,6,9,12H,4-5,7-8H2,(H,16,17)(H,18,19). The summed E-state index contributed by atoms with van der Waals surface area (Å²) in [6.07, 6.45) is 1.92. The highest BCUT2D eigenvalue weighted by molar-refractivity contribution is 9.10. The third-order valence-electron chi connectivity index (χ3n) is 3.10. The highest BCUT2D eigenvalue weighted by Gasteiger charge is 2.33. The number of benzene rings is 1. The molecule has 0 bridgehead atoms. The smallest absolute Gasteiger partial charge is 0.305 e. The van der Waals surface area contributed by atoms with E-state index < -0.39 is 5.97 Å². The zero-order valence-electron chi connectivity index (χ0n) is 10.8. The second-order valence-electron chi connectivity index (χ2n) is 4.86. The van der Waals surface area contributed by atoms with Crippen LogP contribution in [0.15, 0.2) is 28.7 Å². The van der Waals surface area contributed by atoms with Crippen LogP contribution in [0.1, 0.15) is 19.3 Å². The van der Waals surface area contributed by atoms with E-state index in [4.69, 9.17) is 9.84 Å². The van der Waals surface area contributed by atoms with Gasteiger partial charge in [-0.15, -0.1) is 0 Å². The monoisotopic (exact) mass is 341 g/mol.